The zero-order valence-corrected chi connectivity index (χ0v) is 13.6. The maximum absolute atomic E-state index is 12.2. The zero-order valence-electron chi connectivity index (χ0n) is 13.6. The Hall–Kier alpha value is -1.96. The molecule has 0 unspecified atom stereocenters. The van der Waals surface area contributed by atoms with Gasteiger partial charge in [-0.15, -0.1) is 0 Å². The highest BCUT2D eigenvalue weighted by molar-refractivity contribution is 5.86. The van der Waals surface area contributed by atoms with Crippen LogP contribution in [-0.2, 0) is 25.7 Å². The quantitative estimate of drug-likeness (QED) is 0.609. The van der Waals surface area contributed by atoms with Gasteiger partial charge in [0.2, 0.25) is 5.91 Å². The summed E-state index contributed by atoms with van der Waals surface area (Å²) in [5, 5.41) is 12.3. The Balaban J connectivity index is 1.79. The van der Waals surface area contributed by atoms with Crippen molar-refractivity contribution < 1.29 is 24.2 Å². The number of nitrogens with two attached hydrogens (primary N) is 1. The smallest absolute Gasteiger partial charge is 0.308 e. The molecule has 0 aliphatic carbocycles. The number of esters is 1. The van der Waals surface area contributed by atoms with Crippen molar-refractivity contribution in [2.75, 3.05) is 19.8 Å². The van der Waals surface area contributed by atoms with Crippen LogP contribution in [0.3, 0.4) is 0 Å². The molecule has 0 bridgehead atoms. The first-order valence-electron chi connectivity index (χ1n) is 8.00. The van der Waals surface area contributed by atoms with Gasteiger partial charge in [0.1, 0.15) is 6.61 Å². The number of rotatable bonds is 7. The summed E-state index contributed by atoms with van der Waals surface area (Å²) in [5.41, 5.74) is 5.94. The second-order valence-electron chi connectivity index (χ2n) is 6.00. The van der Waals surface area contributed by atoms with E-state index in [-0.39, 0.29) is 19.6 Å². The van der Waals surface area contributed by atoms with E-state index in [1.807, 2.05) is 30.3 Å². The lowest BCUT2D eigenvalue weighted by molar-refractivity contribution is -0.147. The minimum Gasteiger partial charge on any atom is -0.461 e. The predicted octanol–water partition coefficient (Wildman–Crippen LogP) is 0.105. The molecule has 0 aromatic heterocycles. The van der Waals surface area contributed by atoms with Crippen molar-refractivity contribution in [1.29, 1.82) is 0 Å². The van der Waals surface area contributed by atoms with Crippen LogP contribution in [0.15, 0.2) is 30.3 Å². The molecule has 1 fully saturated rings. The van der Waals surface area contributed by atoms with Gasteiger partial charge >= 0.3 is 5.97 Å². The van der Waals surface area contributed by atoms with Gasteiger partial charge in [0, 0.05) is 13.2 Å². The van der Waals surface area contributed by atoms with Crippen molar-refractivity contribution in [1.82, 2.24) is 5.32 Å². The number of carbonyl (C=O) groups is 2. The van der Waals surface area contributed by atoms with Crippen molar-refractivity contribution >= 4 is 11.9 Å². The second-order valence-corrected chi connectivity index (χ2v) is 6.00. The molecule has 7 nitrogen and oxygen atoms in total. The highest BCUT2D eigenvalue weighted by Crippen LogP contribution is 2.20. The van der Waals surface area contributed by atoms with Gasteiger partial charge in [0.25, 0.3) is 0 Å². The molecule has 2 rings (SSSR count). The summed E-state index contributed by atoms with van der Waals surface area (Å²) in [5.74, 6) is -1.01. The summed E-state index contributed by atoms with van der Waals surface area (Å²) in [6.07, 6.45) is 0.817. The molecular weight excluding hydrogens is 312 g/mol. The molecule has 1 heterocycles. The molecule has 0 spiro atoms. The summed E-state index contributed by atoms with van der Waals surface area (Å²) in [4.78, 5) is 24.0. The number of amides is 1. The number of nitrogens with one attached hydrogen (secondary N) is 1. The summed E-state index contributed by atoms with van der Waals surface area (Å²) in [6.45, 7) is 0.892. The number of benzene rings is 1. The first-order valence-corrected chi connectivity index (χ1v) is 8.00. The molecule has 1 aromatic carbocycles. The molecule has 1 saturated heterocycles. The first kappa shape index (κ1) is 18.4. The third-order valence-electron chi connectivity index (χ3n) is 4.11. The summed E-state index contributed by atoms with van der Waals surface area (Å²) < 4.78 is 10.4. The number of aliphatic hydroxyl groups is 1. The van der Waals surface area contributed by atoms with Crippen LogP contribution in [0, 0.1) is 0 Å². The molecule has 7 heteroatoms. The number of hydrogen-bond acceptors (Lipinski definition) is 6. The Bertz CT molecular complexity index is 543. The van der Waals surface area contributed by atoms with E-state index in [1.165, 1.54) is 0 Å². The van der Waals surface area contributed by atoms with Crippen LogP contribution in [0.25, 0.3) is 0 Å². The lowest BCUT2D eigenvalue weighted by Gasteiger charge is -2.37. The molecule has 24 heavy (non-hydrogen) atoms. The van der Waals surface area contributed by atoms with Crippen molar-refractivity contribution in [2.24, 2.45) is 5.73 Å². The molecule has 1 aromatic rings. The van der Waals surface area contributed by atoms with Crippen molar-refractivity contribution in [3.8, 4) is 0 Å². The van der Waals surface area contributed by atoms with Gasteiger partial charge in [-0.25, -0.2) is 0 Å². The molecule has 1 aliphatic rings. The van der Waals surface area contributed by atoms with Crippen LogP contribution in [-0.4, -0.2) is 48.4 Å². The fraction of sp³-hybridized carbons (Fsp3) is 0.529. The highest BCUT2D eigenvalue weighted by Gasteiger charge is 2.35. The van der Waals surface area contributed by atoms with Crippen LogP contribution in [0.4, 0.5) is 0 Å². The van der Waals surface area contributed by atoms with Gasteiger partial charge in [-0.3, -0.25) is 9.59 Å². The van der Waals surface area contributed by atoms with E-state index in [0.29, 0.717) is 26.1 Å². The van der Waals surface area contributed by atoms with Crippen LogP contribution in [0.1, 0.15) is 24.8 Å². The van der Waals surface area contributed by atoms with Gasteiger partial charge < -0.3 is 25.6 Å². The second kappa shape index (κ2) is 8.77. The first-order chi connectivity index (χ1) is 11.5. The van der Waals surface area contributed by atoms with Crippen LogP contribution in [0.2, 0.25) is 0 Å². The van der Waals surface area contributed by atoms with E-state index in [4.69, 9.17) is 15.2 Å². The van der Waals surface area contributed by atoms with Crippen LogP contribution >= 0.6 is 0 Å². The highest BCUT2D eigenvalue weighted by atomic mass is 16.5. The van der Waals surface area contributed by atoms with Crippen molar-refractivity contribution in [3.05, 3.63) is 35.9 Å². The van der Waals surface area contributed by atoms with E-state index in [0.717, 1.165) is 5.56 Å². The fourth-order valence-corrected chi connectivity index (χ4v) is 2.51. The third-order valence-corrected chi connectivity index (χ3v) is 4.11. The van der Waals surface area contributed by atoms with E-state index in [2.05, 4.69) is 5.32 Å². The maximum Gasteiger partial charge on any atom is 0.308 e. The van der Waals surface area contributed by atoms with Crippen molar-refractivity contribution in [2.45, 2.75) is 37.5 Å². The number of hydrogen-bond donors (Lipinski definition) is 3. The van der Waals surface area contributed by atoms with Crippen LogP contribution in [0.5, 0.6) is 0 Å². The Labute approximate surface area is 141 Å². The zero-order chi connectivity index (χ0) is 17.4. The van der Waals surface area contributed by atoms with Gasteiger partial charge in [0.05, 0.1) is 24.6 Å². The molecular formula is C17H24N2O5. The Morgan fingerprint density at radius 2 is 1.96 bits per heavy atom. The molecule has 0 radical (unpaired) electrons. The van der Waals surface area contributed by atoms with E-state index in [1.54, 1.807) is 0 Å². The standard InChI is InChI=1S/C17H24N2O5/c18-14(10-15(21)24-11-13-4-2-1-3-5-13)16(22)19-17(12-20)6-8-23-9-7-17/h1-5,14,20H,6-12,18H2,(H,19,22)/t14-/m0/s1. The average Bonchev–Trinajstić information content (AvgIpc) is 2.61. The minimum absolute atomic E-state index is 0.145. The Morgan fingerprint density at radius 1 is 1.29 bits per heavy atom. The Kier molecular flexibility index (Phi) is 6.72. The molecule has 1 aliphatic heterocycles. The van der Waals surface area contributed by atoms with Gasteiger partial charge in [0.15, 0.2) is 0 Å². The summed E-state index contributed by atoms with van der Waals surface area (Å²) in [6, 6.07) is 8.25. The molecule has 0 saturated carbocycles. The molecule has 132 valence electrons. The van der Waals surface area contributed by atoms with Crippen molar-refractivity contribution in [3.63, 3.8) is 0 Å². The van der Waals surface area contributed by atoms with Gasteiger partial charge in [-0.05, 0) is 18.4 Å². The third kappa shape index (κ3) is 5.30. The maximum atomic E-state index is 12.2. The van der Waals surface area contributed by atoms with E-state index < -0.39 is 23.5 Å². The number of carbonyl (C=O) groups excluding carboxylic acids is 2. The fourth-order valence-electron chi connectivity index (χ4n) is 2.51. The summed E-state index contributed by atoms with van der Waals surface area (Å²) in [7, 11) is 0. The minimum atomic E-state index is -1.01. The van der Waals surface area contributed by atoms with E-state index >= 15 is 0 Å². The van der Waals surface area contributed by atoms with Gasteiger partial charge in [-0.1, -0.05) is 30.3 Å². The molecule has 4 N–H and O–H groups in total. The topological polar surface area (TPSA) is 111 Å². The number of aliphatic hydroxyl groups excluding tert-OH is 1. The number of ether oxygens (including phenoxy) is 2. The lowest BCUT2D eigenvalue weighted by atomic mass is 9.90. The molecule has 1 amide bonds. The van der Waals surface area contributed by atoms with E-state index in [9.17, 15) is 14.7 Å². The largest absolute Gasteiger partial charge is 0.461 e. The average molecular weight is 336 g/mol. The summed E-state index contributed by atoms with van der Waals surface area (Å²) >= 11 is 0. The SMILES string of the molecule is N[C@@H](CC(=O)OCc1ccccc1)C(=O)NC1(CO)CCOCC1. The van der Waals surface area contributed by atoms with Gasteiger partial charge in [-0.2, -0.15) is 0 Å². The predicted molar refractivity (Wildman–Crippen MR) is 86.8 cm³/mol. The monoisotopic (exact) mass is 336 g/mol. The van der Waals surface area contributed by atoms with Crippen LogP contribution < -0.4 is 11.1 Å². The molecule has 1 atom stereocenters. The lowest BCUT2D eigenvalue weighted by Crippen LogP contribution is -2.58. The Morgan fingerprint density at radius 3 is 2.58 bits per heavy atom. The normalized spacial score (nSPS) is 17.8.